The monoisotopic (exact) mass is 560 g/mol. The predicted molar refractivity (Wildman–Crippen MR) is 184 cm³/mol. The van der Waals surface area contributed by atoms with E-state index >= 15 is 0 Å². The summed E-state index contributed by atoms with van der Waals surface area (Å²) in [5, 5.41) is 13.2. The molecule has 8 aromatic carbocycles. The third-order valence-corrected chi connectivity index (χ3v) is 9.32. The van der Waals surface area contributed by atoms with Crippen LogP contribution in [0, 0.1) is 0 Å². The summed E-state index contributed by atoms with van der Waals surface area (Å²) in [7, 11) is 0. The van der Waals surface area contributed by atoms with Gasteiger partial charge in [0.2, 0.25) is 0 Å². The summed E-state index contributed by atoms with van der Waals surface area (Å²) in [6.07, 6.45) is 1.72. The maximum atomic E-state index is 6.50. The Balaban J connectivity index is 1.32. The van der Waals surface area contributed by atoms with E-state index in [0.717, 1.165) is 38.5 Å². The molecule has 0 radical (unpaired) electrons. The van der Waals surface area contributed by atoms with Crippen LogP contribution in [0.1, 0.15) is 0 Å². The Bertz CT molecular complexity index is 2720. The standard InChI is InChI=1S/C42H24O2/c1-2-10-28-26(9-1)23-37(30-12-4-3-11-29(28)30)40-34-15-7-5-13-32(34)39(33-14-6-8-16-35(33)40)27-18-19-31-36-20-17-25-21-22-43-41(25)42(36)44-38(31)24-27/h1-24H. The topological polar surface area (TPSA) is 26.3 Å². The van der Waals surface area contributed by atoms with Crippen LogP contribution in [0.25, 0.3) is 98.3 Å². The minimum atomic E-state index is 0.795. The molecule has 2 heterocycles. The number of furan rings is 2. The highest BCUT2D eigenvalue weighted by atomic mass is 16.4. The fraction of sp³-hybridized carbons (Fsp3) is 0. The van der Waals surface area contributed by atoms with Gasteiger partial charge in [-0.1, -0.05) is 109 Å². The first kappa shape index (κ1) is 23.7. The Kier molecular flexibility index (Phi) is 4.75. The van der Waals surface area contributed by atoms with Gasteiger partial charge in [-0.2, -0.15) is 0 Å². The Morgan fingerprint density at radius 2 is 0.977 bits per heavy atom. The molecule has 0 aliphatic heterocycles. The lowest BCUT2D eigenvalue weighted by molar-refractivity contribution is 0.600. The summed E-state index contributed by atoms with van der Waals surface area (Å²) in [6, 6.07) is 50.4. The first-order chi connectivity index (χ1) is 21.8. The van der Waals surface area contributed by atoms with E-state index in [1.165, 1.54) is 59.8 Å². The van der Waals surface area contributed by atoms with Crippen LogP contribution >= 0.6 is 0 Å². The first-order valence-electron chi connectivity index (χ1n) is 15.0. The fourth-order valence-corrected chi connectivity index (χ4v) is 7.40. The highest BCUT2D eigenvalue weighted by Crippen LogP contribution is 2.47. The number of fused-ring (bicyclic) bond motifs is 10. The quantitative estimate of drug-likeness (QED) is 0.155. The van der Waals surface area contributed by atoms with Crippen molar-refractivity contribution in [2.45, 2.75) is 0 Å². The second-order valence-electron chi connectivity index (χ2n) is 11.6. The van der Waals surface area contributed by atoms with Gasteiger partial charge >= 0.3 is 0 Å². The average Bonchev–Trinajstić information content (AvgIpc) is 3.71. The van der Waals surface area contributed by atoms with Crippen LogP contribution in [0.4, 0.5) is 0 Å². The minimum absolute atomic E-state index is 0.795. The highest BCUT2D eigenvalue weighted by Gasteiger charge is 2.20. The fourth-order valence-electron chi connectivity index (χ4n) is 7.40. The third-order valence-electron chi connectivity index (χ3n) is 9.32. The molecule has 0 saturated heterocycles. The van der Waals surface area contributed by atoms with Crippen LogP contribution in [0.3, 0.4) is 0 Å². The summed E-state index contributed by atoms with van der Waals surface area (Å²) >= 11 is 0. The molecule has 0 aliphatic rings. The normalized spacial score (nSPS) is 12.1. The minimum Gasteiger partial charge on any atom is -0.460 e. The van der Waals surface area contributed by atoms with Crippen molar-refractivity contribution in [1.82, 2.24) is 0 Å². The van der Waals surface area contributed by atoms with E-state index in [4.69, 9.17) is 8.83 Å². The van der Waals surface area contributed by atoms with Gasteiger partial charge in [0.25, 0.3) is 0 Å². The molecule has 0 saturated carbocycles. The summed E-state index contributed by atoms with van der Waals surface area (Å²) in [6.45, 7) is 0. The lowest BCUT2D eigenvalue weighted by atomic mass is 9.84. The maximum absolute atomic E-state index is 6.50. The molecule has 0 amide bonds. The molecule has 0 unspecified atom stereocenters. The molecular weight excluding hydrogens is 536 g/mol. The van der Waals surface area contributed by atoms with E-state index in [9.17, 15) is 0 Å². The zero-order valence-electron chi connectivity index (χ0n) is 23.7. The second kappa shape index (κ2) is 8.82. The molecule has 2 nitrogen and oxygen atoms in total. The Morgan fingerprint density at radius 1 is 0.364 bits per heavy atom. The van der Waals surface area contributed by atoms with Crippen LogP contribution < -0.4 is 0 Å². The number of benzene rings is 8. The zero-order chi connectivity index (χ0) is 28.8. The van der Waals surface area contributed by atoms with Crippen molar-refractivity contribution < 1.29 is 8.83 Å². The largest absolute Gasteiger partial charge is 0.460 e. The van der Waals surface area contributed by atoms with Gasteiger partial charge < -0.3 is 8.83 Å². The molecule has 44 heavy (non-hydrogen) atoms. The summed E-state index contributed by atoms with van der Waals surface area (Å²) in [4.78, 5) is 0. The highest BCUT2D eigenvalue weighted by molar-refractivity contribution is 6.26. The Labute approximate surface area is 252 Å². The van der Waals surface area contributed by atoms with Gasteiger partial charge in [-0.3, -0.25) is 0 Å². The van der Waals surface area contributed by atoms with Gasteiger partial charge in [-0.15, -0.1) is 0 Å². The van der Waals surface area contributed by atoms with Crippen LogP contribution in [-0.4, -0.2) is 0 Å². The predicted octanol–water partition coefficient (Wildman–Crippen LogP) is 12.3. The van der Waals surface area contributed by atoms with E-state index in [2.05, 4.69) is 133 Å². The molecule has 2 aromatic heterocycles. The summed E-state index contributed by atoms with van der Waals surface area (Å²) in [5.74, 6) is 0. The molecule has 10 aromatic rings. The van der Waals surface area contributed by atoms with E-state index < -0.39 is 0 Å². The van der Waals surface area contributed by atoms with E-state index in [1.807, 2.05) is 6.07 Å². The Hall–Kier alpha value is -5.86. The molecule has 0 aliphatic carbocycles. The van der Waals surface area contributed by atoms with Gasteiger partial charge in [0.15, 0.2) is 11.2 Å². The van der Waals surface area contributed by atoms with Gasteiger partial charge in [0.05, 0.1) is 6.26 Å². The summed E-state index contributed by atoms with van der Waals surface area (Å²) in [5.41, 5.74) is 7.33. The maximum Gasteiger partial charge on any atom is 0.178 e. The van der Waals surface area contributed by atoms with Crippen LogP contribution in [0.5, 0.6) is 0 Å². The SMILES string of the molecule is c1ccc2c(c1)cc(-c1c3ccccc3c(-c3ccc4c(c3)oc3c4ccc4ccoc43)c3ccccc13)c1ccccc12. The van der Waals surface area contributed by atoms with Crippen LogP contribution in [0.15, 0.2) is 155 Å². The van der Waals surface area contributed by atoms with Crippen LogP contribution in [0.2, 0.25) is 0 Å². The number of hydrogen-bond donors (Lipinski definition) is 0. The lowest BCUT2D eigenvalue weighted by Crippen LogP contribution is -1.92. The molecule has 204 valence electrons. The number of hydrogen-bond acceptors (Lipinski definition) is 2. The van der Waals surface area contributed by atoms with Crippen molar-refractivity contribution in [2.24, 2.45) is 0 Å². The van der Waals surface area contributed by atoms with Crippen molar-refractivity contribution in [2.75, 3.05) is 0 Å². The molecular formula is C42H24O2. The Morgan fingerprint density at radius 3 is 1.73 bits per heavy atom. The van der Waals surface area contributed by atoms with E-state index in [1.54, 1.807) is 6.26 Å². The van der Waals surface area contributed by atoms with Gasteiger partial charge in [-0.05, 0) is 95.7 Å². The van der Waals surface area contributed by atoms with Gasteiger partial charge in [0, 0.05) is 16.2 Å². The zero-order valence-corrected chi connectivity index (χ0v) is 23.7. The van der Waals surface area contributed by atoms with Crippen molar-refractivity contribution in [3.05, 3.63) is 146 Å². The molecule has 0 spiro atoms. The number of rotatable bonds is 2. The molecule has 0 bridgehead atoms. The molecule has 2 heteroatoms. The summed E-state index contributed by atoms with van der Waals surface area (Å²) < 4.78 is 12.3. The molecule has 10 rings (SSSR count). The third kappa shape index (κ3) is 3.20. The van der Waals surface area contributed by atoms with E-state index in [-0.39, 0.29) is 0 Å². The van der Waals surface area contributed by atoms with Crippen LogP contribution in [-0.2, 0) is 0 Å². The molecule has 0 N–H and O–H groups in total. The smallest absolute Gasteiger partial charge is 0.178 e. The lowest BCUT2D eigenvalue weighted by Gasteiger charge is -2.19. The van der Waals surface area contributed by atoms with E-state index in [0.29, 0.717) is 0 Å². The van der Waals surface area contributed by atoms with Crippen molar-refractivity contribution >= 4 is 76.0 Å². The molecule has 0 atom stereocenters. The van der Waals surface area contributed by atoms with Crippen molar-refractivity contribution in [3.8, 4) is 22.3 Å². The van der Waals surface area contributed by atoms with Crippen molar-refractivity contribution in [1.29, 1.82) is 0 Å². The van der Waals surface area contributed by atoms with Gasteiger partial charge in [-0.25, -0.2) is 0 Å². The second-order valence-corrected chi connectivity index (χ2v) is 11.6. The molecule has 0 fully saturated rings. The van der Waals surface area contributed by atoms with Crippen molar-refractivity contribution in [3.63, 3.8) is 0 Å². The average molecular weight is 561 g/mol. The first-order valence-corrected chi connectivity index (χ1v) is 15.0. The van der Waals surface area contributed by atoms with Gasteiger partial charge in [0.1, 0.15) is 5.58 Å².